The van der Waals surface area contributed by atoms with E-state index in [-0.39, 0.29) is 5.56 Å². The van der Waals surface area contributed by atoms with Gasteiger partial charge < -0.3 is 10.4 Å². The maximum absolute atomic E-state index is 11.9. The monoisotopic (exact) mass is 269 g/mol. The van der Waals surface area contributed by atoms with Crippen molar-refractivity contribution in [2.45, 2.75) is 18.9 Å². The second-order valence-corrected chi connectivity index (χ2v) is 4.95. The lowest BCUT2D eigenvalue weighted by Gasteiger charge is -2.25. The van der Waals surface area contributed by atoms with Crippen LogP contribution in [0.4, 0.5) is 0 Å². The maximum atomic E-state index is 11.9. The number of hydrogen-bond acceptors (Lipinski definition) is 5. The van der Waals surface area contributed by atoms with Crippen LogP contribution in [-0.2, 0) is 4.79 Å². The molecule has 1 aromatic heterocycles. The molecule has 1 rings (SSSR count). The van der Waals surface area contributed by atoms with E-state index in [1.165, 1.54) is 37.4 Å². The predicted octanol–water partition coefficient (Wildman–Crippen LogP) is 0.803. The summed E-state index contributed by atoms with van der Waals surface area (Å²) in [6, 6.07) is 0. The van der Waals surface area contributed by atoms with Crippen LogP contribution in [0.5, 0.6) is 0 Å². The van der Waals surface area contributed by atoms with Gasteiger partial charge >= 0.3 is 5.97 Å². The van der Waals surface area contributed by atoms with Gasteiger partial charge in [0.1, 0.15) is 11.9 Å². The molecule has 0 aliphatic carbocycles. The van der Waals surface area contributed by atoms with Crippen LogP contribution in [0.2, 0.25) is 0 Å². The van der Waals surface area contributed by atoms with E-state index >= 15 is 0 Å². The van der Waals surface area contributed by atoms with Crippen LogP contribution in [0.15, 0.2) is 18.7 Å². The Kier molecular flexibility index (Phi) is 5.08. The molecule has 1 atom stereocenters. The first-order valence-corrected chi connectivity index (χ1v) is 6.69. The first kappa shape index (κ1) is 14.4. The fourth-order valence-corrected chi connectivity index (χ4v) is 1.88. The number of aromatic nitrogens is 2. The second-order valence-electron chi connectivity index (χ2n) is 3.96. The molecule has 0 radical (unpaired) electrons. The number of rotatable bonds is 6. The smallest absolute Gasteiger partial charge is 0.329 e. The van der Waals surface area contributed by atoms with Crippen molar-refractivity contribution in [3.05, 3.63) is 24.3 Å². The number of carbonyl (C=O) groups excluding carboxylic acids is 1. The van der Waals surface area contributed by atoms with Gasteiger partial charge in [-0.05, 0) is 25.4 Å². The molecule has 7 heteroatoms. The number of carboxylic acids is 1. The Morgan fingerprint density at radius 2 is 2.06 bits per heavy atom. The van der Waals surface area contributed by atoms with E-state index in [2.05, 4.69) is 15.3 Å². The second kappa shape index (κ2) is 6.34. The predicted molar refractivity (Wildman–Crippen MR) is 68.5 cm³/mol. The summed E-state index contributed by atoms with van der Waals surface area (Å²) in [4.78, 5) is 30.5. The van der Waals surface area contributed by atoms with Crippen LogP contribution in [-0.4, -0.2) is 44.5 Å². The molecule has 0 saturated carbocycles. The quantitative estimate of drug-likeness (QED) is 0.793. The minimum Gasteiger partial charge on any atom is -0.480 e. The van der Waals surface area contributed by atoms with Crippen LogP contribution in [0.1, 0.15) is 23.7 Å². The van der Waals surface area contributed by atoms with Gasteiger partial charge in [-0.2, -0.15) is 11.8 Å². The molecule has 1 aromatic rings. The number of nitrogens with one attached hydrogen (secondary N) is 1. The Bertz CT molecular complexity index is 427. The summed E-state index contributed by atoms with van der Waals surface area (Å²) < 4.78 is 0. The van der Waals surface area contributed by atoms with Gasteiger partial charge in [0.05, 0.1) is 5.56 Å². The molecule has 0 fully saturated rings. The molecular weight excluding hydrogens is 254 g/mol. The molecular formula is C11H15N3O3S. The molecule has 1 heterocycles. The Labute approximate surface area is 109 Å². The zero-order chi connectivity index (χ0) is 13.6. The van der Waals surface area contributed by atoms with Gasteiger partial charge in [0.15, 0.2) is 0 Å². The number of aliphatic carboxylic acids is 1. The van der Waals surface area contributed by atoms with Gasteiger partial charge in [-0.25, -0.2) is 14.8 Å². The molecule has 0 saturated heterocycles. The molecule has 0 spiro atoms. The Morgan fingerprint density at radius 3 is 2.56 bits per heavy atom. The maximum Gasteiger partial charge on any atom is 0.329 e. The fraction of sp³-hybridized carbons (Fsp3) is 0.455. The lowest BCUT2D eigenvalue weighted by atomic mass is 9.98. The summed E-state index contributed by atoms with van der Waals surface area (Å²) in [6.45, 7) is 1.49. The third kappa shape index (κ3) is 3.69. The summed E-state index contributed by atoms with van der Waals surface area (Å²) in [6.07, 6.45) is 6.23. The Morgan fingerprint density at radius 1 is 1.44 bits per heavy atom. The zero-order valence-electron chi connectivity index (χ0n) is 10.2. The van der Waals surface area contributed by atoms with Crippen molar-refractivity contribution in [2.75, 3.05) is 12.0 Å². The van der Waals surface area contributed by atoms with E-state index in [4.69, 9.17) is 0 Å². The minimum absolute atomic E-state index is 0.245. The van der Waals surface area contributed by atoms with Crippen molar-refractivity contribution in [3.63, 3.8) is 0 Å². The average Bonchev–Trinajstić information content (AvgIpc) is 2.37. The molecule has 0 aromatic carbocycles. The zero-order valence-corrected chi connectivity index (χ0v) is 11.0. The van der Waals surface area contributed by atoms with Crippen LogP contribution >= 0.6 is 11.8 Å². The minimum atomic E-state index is -1.28. The summed E-state index contributed by atoms with van der Waals surface area (Å²) >= 11 is 1.53. The summed E-state index contributed by atoms with van der Waals surface area (Å²) in [5.74, 6) is -0.891. The van der Waals surface area contributed by atoms with E-state index in [1.54, 1.807) is 0 Å². The fourth-order valence-electron chi connectivity index (χ4n) is 1.27. The summed E-state index contributed by atoms with van der Waals surface area (Å²) in [7, 11) is 0. The number of nitrogens with zero attached hydrogens (tertiary/aromatic N) is 2. The van der Waals surface area contributed by atoms with E-state index in [9.17, 15) is 14.7 Å². The number of amides is 1. The van der Waals surface area contributed by atoms with Gasteiger partial charge in [0, 0.05) is 12.4 Å². The van der Waals surface area contributed by atoms with Crippen LogP contribution in [0.25, 0.3) is 0 Å². The Hall–Kier alpha value is -1.63. The van der Waals surface area contributed by atoms with E-state index < -0.39 is 17.4 Å². The topological polar surface area (TPSA) is 92.2 Å². The van der Waals surface area contributed by atoms with E-state index in [0.717, 1.165) is 0 Å². The van der Waals surface area contributed by atoms with E-state index in [1.807, 2.05) is 6.26 Å². The van der Waals surface area contributed by atoms with Crippen LogP contribution in [0.3, 0.4) is 0 Å². The third-order valence-electron chi connectivity index (χ3n) is 2.49. The number of carbonyl (C=O) groups is 2. The SMILES string of the molecule is CSCCC(C)(NC(=O)c1cncnc1)C(=O)O. The number of thioether (sulfide) groups is 1. The first-order chi connectivity index (χ1) is 8.49. The van der Waals surface area contributed by atoms with Crippen LogP contribution < -0.4 is 5.32 Å². The molecule has 98 valence electrons. The van der Waals surface area contributed by atoms with Gasteiger partial charge in [0.25, 0.3) is 5.91 Å². The number of carboxylic acid groups (broad SMARTS) is 1. The highest BCUT2D eigenvalue weighted by Crippen LogP contribution is 2.14. The standard InChI is InChI=1S/C11H15N3O3S/c1-11(10(16)17,3-4-18-2)14-9(15)8-5-12-7-13-6-8/h5-7H,3-4H2,1-2H3,(H,14,15)(H,16,17). The molecule has 1 amide bonds. The van der Waals surface area contributed by atoms with Crippen molar-refractivity contribution >= 4 is 23.6 Å². The van der Waals surface area contributed by atoms with Gasteiger partial charge in [-0.15, -0.1) is 0 Å². The molecule has 2 N–H and O–H groups in total. The highest BCUT2D eigenvalue weighted by atomic mass is 32.2. The van der Waals surface area contributed by atoms with Crippen molar-refractivity contribution in [1.29, 1.82) is 0 Å². The van der Waals surface area contributed by atoms with Gasteiger partial charge in [0.2, 0.25) is 0 Å². The van der Waals surface area contributed by atoms with Crippen molar-refractivity contribution < 1.29 is 14.7 Å². The number of hydrogen-bond donors (Lipinski definition) is 2. The van der Waals surface area contributed by atoms with Crippen molar-refractivity contribution in [2.24, 2.45) is 0 Å². The lowest BCUT2D eigenvalue weighted by molar-refractivity contribution is -0.143. The highest BCUT2D eigenvalue weighted by Gasteiger charge is 2.34. The molecule has 18 heavy (non-hydrogen) atoms. The first-order valence-electron chi connectivity index (χ1n) is 5.29. The Balaban J connectivity index is 2.78. The lowest BCUT2D eigenvalue weighted by Crippen LogP contribution is -2.52. The molecule has 0 aliphatic heterocycles. The molecule has 0 bridgehead atoms. The molecule has 0 aliphatic rings. The van der Waals surface area contributed by atoms with E-state index in [0.29, 0.717) is 12.2 Å². The average molecular weight is 269 g/mol. The van der Waals surface area contributed by atoms with Crippen molar-refractivity contribution in [3.8, 4) is 0 Å². The normalized spacial score (nSPS) is 13.7. The molecule has 6 nitrogen and oxygen atoms in total. The largest absolute Gasteiger partial charge is 0.480 e. The summed E-state index contributed by atoms with van der Waals surface area (Å²) in [5, 5.41) is 11.7. The van der Waals surface area contributed by atoms with Gasteiger partial charge in [-0.1, -0.05) is 0 Å². The van der Waals surface area contributed by atoms with Gasteiger partial charge in [-0.3, -0.25) is 4.79 Å². The molecule has 1 unspecified atom stereocenters. The van der Waals surface area contributed by atoms with Crippen molar-refractivity contribution in [1.82, 2.24) is 15.3 Å². The summed E-state index contributed by atoms with van der Waals surface area (Å²) in [5.41, 5.74) is -1.04. The third-order valence-corrected chi connectivity index (χ3v) is 3.10. The van der Waals surface area contributed by atoms with Crippen LogP contribution in [0, 0.1) is 0 Å². The highest BCUT2D eigenvalue weighted by molar-refractivity contribution is 7.98.